The van der Waals surface area contributed by atoms with Crippen LogP contribution in [-0.2, 0) is 9.59 Å². The Kier molecular flexibility index (Phi) is 4.42. The lowest BCUT2D eigenvalue weighted by Gasteiger charge is -2.10. The van der Waals surface area contributed by atoms with E-state index < -0.39 is 0 Å². The second-order valence-corrected chi connectivity index (χ2v) is 8.26. The van der Waals surface area contributed by atoms with Crippen molar-refractivity contribution in [1.82, 2.24) is 10.6 Å². The molecule has 2 aliphatic heterocycles. The molecular formula is C28H20N2O4. The predicted molar refractivity (Wildman–Crippen MR) is 131 cm³/mol. The highest BCUT2D eigenvalue weighted by Crippen LogP contribution is 2.38. The van der Waals surface area contributed by atoms with Crippen molar-refractivity contribution in [3.05, 3.63) is 95.1 Å². The molecule has 0 atom stereocenters. The molecule has 0 aromatic heterocycles. The molecular weight excluding hydrogens is 428 g/mol. The van der Waals surface area contributed by atoms with Crippen LogP contribution in [0.15, 0.2) is 83.9 Å². The summed E-state index contributed by atoms with van der Waals surface area (Å²) in [6.07, 6.45) is 0. The first-order chi connectivity index (χ1) is 16.6. The number of hydrogen-bond acceptors (Lipinski definition) is 4. The van der Waals surface area contributed by atoms with Gasteiger partial charge < -0.3 is 20.1 Å². The highest BCUT2D eigenvalue weighted by Gasteiger charge is 2.40. The molecule has 0 fully saturated rings. The molecule has 2 heterocycles. The number of nitrogens with one attached hydrogen (secondary N) is 2. The van der Waals surface area contributed by atoms with Crippen LogP contribution in [-0.4, -0.2) is 26.0 Å². The number of ether oxygens (including phenoxy) is 2. The van der Waals surface area contributed by atoms with Gasteiger partial charge in [-0.25, -0.2) is 0 Å². The largest absolute Gasteiger partial charge is 0.497 e. The molecule has 0 unspecified atom stereocenters. The standard InChI is InChI=1S/C28H20N2O4/c1-33-21-9-7-15-11-19(5-3-17(15)13-21)25-23-24(28(32)29-25)26(30-27(23)31)20-6-4-18-14-22(34-2)10-8-16(18)12-20/h3-14H,1-2H3,(H,29,32)(H,30,31). The van der Waals surface area contributed by atoms with Crippen molar-refractivity contribution in [3.63, 3.8) is 0 Å². The molecule has 6 nitrogen and oxygen atoms in total. The lowest BCUT2D eigenvalue weighted by Crippen LogP contribution is -2.21. The summed E-state index contributed by atoms with van der Waals surface area (Å²) in [4.78, 5) is 26.1. The van der Waals surface area contributed by atoms with Crippen LogP contribution in [0.25, 0.3) is 32.9 Å². The van der Waals surface area contributed by atoms with Gasteiger partial charge in [0.1, 0.15) is 11.5 Å². The third-order valence-electron chi connectivity index (χ3n) is 6.35. The normalized spacial score (nSPS) is 15.1. The Morgan fingerprint density at radius 3 is 1.32 bits per heavy atom. The smallest absolute Gasteiger partial charge is 0.258 e. The first-order valence-corrected chi connectivity index (χ1v) is 10.8. The van der Waals surface area contributed by atoms with Crippen molar-refractivity contribution in [2.24, 2.45) is 0 Å². The van der Waals surface area contributed by atoms with Crippen LogP contribution in [0.5, 0.6) is 11.5 Å². The second kappa shape index (κ2) is 7.49. The van der Waals surface area contributed by atoms with E-state index in [0.29, 0.717) is 22.5 Å². The number of amides is 2. The van der Waals surface area contributed by atoms with Gasteiger partial charge in [0.25, 0.3) is 11.8 Å². The molecule has 0 spiro atoms. The molecule has 2 aliphatic rings. The van der Waals surface area contributed by atoms with E-state index in [-0.39, 0.29) is 11.8 Å². The number of hydrogen-bond donors (Lipinski definition) is 2. The van der Waals surface area contributed by atoms with Crippen molar-refractivity contribution in [1.29, 1.82) is 0 Å². The summed E-state index contributed by atoms with van der Waals surface area (Å²) in [6.45, 7) is 0. The molecule has 0 bridgehead atoms. The molecule has 4 aromatic rings. The molecule has 6 rings (SSSR count). The third-order valence-corrected chi connectivity index (χ3v) is 6.35. The van der Waals surface area contributed by atoms with Crippen LogP contribution < -0.4 is 20.1 Å². The van der Waals surface area contributed by atoms with E-state index in [1.807, 2.05) is 72.8 Å². The highest BCUT2D eigenvalue weighted by molar-refractivity contribution is 6.30. The molecule has 0 radical (unpaired) electrons. The van der Waals surface area contributed by atoms with Crippen molar-refractivity contribution in [2.45, 2.75) is 0 Å². The molecule has 0 aliphatic carbocycles. The molecule has 6 heteroatoms. The number of methoxy groups -OCH3 is 2. The fourth-order valence-electron chi connectivity index (χ4n) is 4.63. The van der Waals surface area contributed by atoms with E-state index in [4.69, 9.17) is 9.47 Å². The predicted octanol–water partition coefficient (Wildman–Crippen LogP) is 4.39. The number of rotatable bonds is 4. The van der Waals surface area contributed by atoms with Crippen LogP contribution in [0.4, 0.5) is 0 Å². The maximum Gasteiger partial charge on any atom is 0.258 e. The minimum atomic E-state index is -0.289. The van der Waals surface area contributed by atoms with Crippen molar-refractivity contribution in [3.8, 4) is 11.5 Å². The summed E-state index contributed by atoms with van der Waals surface area (Å²) in [5, 5.41) is 9.84. The van der Waals surface area contributed by atoms with Crippen LogP contribution >= 0.6 is 0 Å². The van der Waals surface area contributed by atoms with E-state index >= 15 is 0 Å². The third kappa shape index (κ3) is 3.03. The van der Waals surface area contributed by atoms with Crippen molar-refractivity contribution in [2.75, 3.05) is 14.2 Å². The fraction of sp³-hybridized carbons (Fsp3) is 0.0714. The first-order valence-electron chi connectivity index (χ1n) is 10.8. The molecule has 34 heavy (non-hydrogen) atoms. The van der Waals surface area contributed by atoms with E-state index in [9.17, 15) is 9.59 Å². The minimum Gasteiger partial charge on any atom is -0.497 e. The summed E-state index contributed by atoms with van der Waals surface area (Å²) in [6, 6.07) is 23.3. The van der Waals surface area contributed by atoms with E-state index in [2.05, 4.69) is 10.6 Å². The lowest BCUT2D eigenvalue weighted by atomic mass is 9.99. The van der Waals surface area contributed by atoms with Gasteiger partial charge in [0.15, 0.2) is 0 Å². The van der Waals surface area contributed by atoms with Crippen LogP contribution in [0.2, 0.25) is 0 Å². The van der Waals surface area contributed by atoms with Gasteiger partial charge in [0, 0.05) is 0 Å². The first kappa shape index (κ1) is 20.1. The Morgan fingerprint density at radius 2 is 0.912 bits per heavy atom. The van der Waals surface area contributed by atoms with E-state index in [0.717, 1.165) is 44.2 Å². The summed E-state index contributed by atoms with van der Waals surface area (Å²) in [7, 11) is 3.26. The SMILES string of the molecule is COc1ccc2cc(C3=C4C(=O)NC(c5ccc6cc(OC)ccc6c5)=C4C(=O)N3)ccc2c1. The molecule has 4 aromatic carbocycles. The van der Waals surface area contributed by atoms with Gasteiger partial charge in [-0.3, -0.25) is 9.59 Å². The Balaban J connectivity index is 1.47. The average Bonchev–Trinajstić information content (AvgIpc) is 3.40. The van der Waals surface area contributed by atoms with Gasteiger partial charge in [-0.05, 0) is 69.1 Å². The zero-order valence-corrected chi connectivity index (χ0v) is 18.6. The Labute approximate surface area is 195 Å². The lowest BCUT2D eigenvalue weighted by molar-refractivity contribution is -0.117. The molecule has 2 amide bonds. The number of fused-ring (bicyclic) bond motifs is 3. The van der Waals surface area contributed by atoms with Crippen molar-refractivity contribution >= 4 is 44.8 Å². The van der Waals surface area contributed by atoms with Gasteiger partial charge in [-0.2, -0.15) is 0 Å². The number of benzene rings is 4. The highest BCUT2D eigenvalue weighted by atomic mass is 16.5. The Morgan fingerprint density at radius 1 is 0.529 bits per heavy atom. The van der Waals surface area contributed by atoms with Gasteiger partial charge in [-0.15, -0.1) is 0 Å². The Hall–Kier alpha value is -4.58. The van der Waals surface area contributed by atoms with Gasteiger partial charge in [0.05, 0.1) is 36.8 Å². The van der Waals surface area contributed by atoms with Gasteiger partial charge in [0.2, 0.25) is 0 Å². The quantitative estimate of drug-likeness (QED) is 0.486. The van der Waals surface area contributed by atoms with E-state index in [1.165, 1.54) is 0 Å². The second-order valence-electron chi connectivity index (χ2n) is 8.26. The van der Waals surface area contributed by atoms with Crippen LogP contribution in [0.3, 0.4) is 0 Å². The average molecular weight is 448 g/mol. The van der Waals surface area contributed by atoms with Gasteiger partial charge >= 0.3 is 0 Å². The maximum atomic E-state index is 13.0. The van der Waals surface area contributed by atoms with Crippen LogP contribution in [0, 0.1) is 0 Å². The molecule has 0 saturated heterocycles. The summed E-state index contributed by atoms with van der Waals surface area (Å²) < 4.78 is 10.6. The zero-order chi connectivity index (χ0) is 23.4. The zero-order valence-electron chi connectivity index (χ0n) is 18.6. The van der Waals surface area contributed by atoms with Crippen LogP contribution in [0.1, 0.15) is 11.1 Å². The van der Waals surface area contributed by atoms with E-state index in [1.54, 1.807) is 14.2 Å². The maximum absolute atomic E-state index is 13.0. The molecule has 166 valence electrons. The van der Waals surface area contributed by atoms with Crippen molar-refractivity contribution < 1.29 is 19.1 Å². The topological polar surface area (TPSA) is 76.7 Å². The summed E-state index contributed by atoms with van der Waals surface area (Å²) >= 11 is 0. The number of carbonyl (C=O) groups excluding carboxylic acids is 2. The monoisotopic (exact) mass is 448 g/mol. The number of carbonyl (C=O) groups is 2. The Bertz CT molecular complexity index is 1490. The van der Waals surface area contributed by atoms with Gasteiger partial charge in [-0.1, -0.05) is 36.4 Å². The summed E-state index contributed by atoms with van der Waals surface area (Å²) in [5.41, 5.74) is 3.35. The fourth-order valence-corrected chi connectivity index (χ4v) is 4.63. The minimum absolute atomic E-state index is 0.289. The summed E-state index contributed by atoms with van der Waals surface area (Å²) in [5.74, 6) is 0.969. The molecule has 2 N–H and O–H groups in total. The molecule has 0 saturated carbocycles.